The van der Waals surface area contributed by atoms with Crippen LogP contribution in [0.15, 0.2) is 41.4 Å². The van der Waals surface area contributed by atoms with Crippen molar-refractivity contribution in [3.8, 4) is 5.88 Å². The maximum absolute atomic E-state index is 13.1. The van der Waals surface area contributed by atoms with Crippen LogP contribution in [-0.2, 0) is 6.18 Å². The number of benzene rings is 2. The molecule has 0 aliphatic rings. The van der Waals surface area contributed by atoms with Gasteiger partial charge < -0.3 is 10.1 Å². The molecule has 124 valence electrons. The zero-order valence-electron chi connectivity index (χ0n) is 11.8. The second kappa shape index (κ2) is 6.03. The van der Waals surface area contributed by atoms with Gasteiger partial charge in [-0.2, -0.15) is 13.2 Å². The van der Waals surface area contributed by atoms with E-state index in [9.17, 15) is 18.3 Å². The molecule has 0 atom stereocenters. The van der Waals surface area contributed by atoms with Gasteiger partial charge in [-0.15, -0.1) is 0 Å². The number of rotatable bonds is 2. The molecule has 0 aliphatic carbocycles. The fraction of sp³-hybridized carbons (Fsp3) is 0.0625. The highest BCUT2D eigenvalue weighted by Crippen LogP contribution is 2.38. The lowest BCUT2D eigenvalue weighted by Gasteiger charge is -2.09. The fourth-order valence-electron chi connectivity index (χ4n) is 2.29. The average molecular weight is 373 g/mol. The van der Waals surface area contributed by atoms with Crippen LogP contribution in [0.3, 0.4) is 0 Å². The molecule has 8 heteroatoms. The Labute approximate surface area is 144 Å². The van der Waals surface area contributed by atoms with Crippen molar-refractivity contribution in [2.24, 2.45) is 4.99 Å². The largest absolute Gasteiger partial charge is 0.494 e. The van der Waals surface area contributed by atoms with Crippen LogP contribution in [0.4, 0.5) is 18.9 Å². The fourth-order valence-corrected chi connectivity index (χ4v) is 2.63. The van der Waals surface area contributed by atoms with Crippen LogP contribution >= 0.6 is 23.2 Å². The second-order valence-electron chi connectivity index (χ2n) is 4.99. The molecule has 2 N–H and O–H groups in total. The van der Waals surface area contributed by atoms with Crippen LogP contribution in [0.2, 0.25) is 10.0 Å². The lowest BCUT2D eigenvalue weighted by Crippen LogP contribution is -2.05. The van der Waals surface area contributed by atoms with E-state index in [1.54, 1.807) is 18.2 Å². The summed E-state index contributed by atoms with van der Waals surface area (Å²) < 4.78 is 39.2. The van der Waals surface area contributed by atoms with Crippen molar-refractivity contribution in [1.29, 1.82) is 0 Å². The second-order valence-corrected chi connectivity index (χ2v) is 5.87. The van der Waals surface area contributed by atoms with Crippen molar-refractivity contribution in [3.63, 3.8) is 0 Å². The molecule has 1 aromatic heterocycles. The number of hydrogen-bond acceptors (Lipinski definition) is 2. The van der Waals surface area contributed by atoms with Crippen LogP contribution < -0.4 is 0 Å². The first-order valence-electron chi connectivity index (χ1n) is 6.67. The first-order chi connectivity index (χ1) is 11.3. The van der Waals surface area contributed by atoms with E-state index >= 15 is 0 Å². The SMILES string of the molecule is Oc1[nH]c2cc(Cl)ccc2c1C=Nc1ccc(Cl)cc1C(F)(F)F. The molecule has 0 unspecified atom stereocenters. The number of hydrogen-bond donors (Lipinski definition) is 2. The number of H-pyrrole nitrogens is 1. The summed E-state index contributed by atoms with van der Waals surface area (Å²) in [5, 5.41) is 11.0. The molecule has 0 saturated carbocycles. The van der Waals surface area contributed by atoms with Crippen LogP contribution in [-0.4, -0.2) is 16.3 Å². The van der Waals surface area contributed by atoms with Gasteiger partial charge in [0.05, 0.1) is 22.3 Å². The molecule has 1 heterocycles. The standard InChI is InChI=1S/C16H9Cl2F3N2O/c17-8-2-4-13(12(5-8)16(19,20)21)22-7-11-10-3-1-9(18)6-14(10)23-15(11)24/h1-7,23-24H. The normalized spacial score (nSPS) is 12.4. The average Bonchev–Trinajstić information content (AvgIpc) is 2.79. The lowest BCUT2D eigenvalue weighted by molar-refractivity contribution is -0.137. The summed E-state index contributed by atoms with van der Waals surface area (Å²) in [6, 6.07) is 8.14. The number of aromatic amines is 1. The molecule has 0 bridgehead atoms. The number of halogens is 5. The van der Waals surface area contributed by atoms with Crippen LogP contribution in [0.1, 0.15) is 11.1 Å². The Morgan fingerprint density at radius 3 is 2.42 bits per heavy atom. The van der Waals surface area contributed by atoms with E-state index in [1.165, 1.54) is 18.3 Å². The van der Waals surface area contributed by atoms with Gasteiger partial charge in [0.2, 0.25) is 0 Å². The van der Waals surface area contributed by atoms with Gasteiger partial charge in [-0.05, 0) is 30.3 Å². The Morgan fingerprint density at radius 1 is 1.04 bits per heavy atom. The maximum atomic E-state index is 13.1. The Hall–Kier alpha value is -2.18. The van der Waals surface area contributed by atoms with Crippen LogP contribution in [0.5, 0.6) is 5.88 Å². The van der Waals surface area contributed by atoms with Crippen molar-refractivity contribution >= 4 is 46.0 Å². The molecule has 3 rings (SSSR count). The van der Waals surface area contributed by atoms with E-state index in [0.717, 1.165) is 6.07 Å². The first kappa shape index (κ1) is 16.7. The summed E-state index contributed by atoms with van der Waals surface area (Å²) in [6.07, 6.45) is -3.42. The summed E-state index contributed by atoms with van der Waals surface area (Å²) in [5.74, 6) is -0.210. The quantitative estimate of drug-likeness (QED) is 0.536. The van der Waals surface area contributed by atoms with Crippen molar-refractivity contribution < 1.29 is 18.3 Å². The van der Waals surface area contributed by atoms with Gasteiger partial charge in [-0.1, -0.05) is 29.3 Å². The van der Waals surface area contributed by atoms with Gasteiger partial charge in [0, 0.05) is 21.6 Å². The molecular weight excluding hydrogens is 364 g/mol. The summed E-state index contributed by atoms with van der Waals surface area (Å²) in [7, 11) is 0. The molecular formula is C16H9Cl2F3N2O. The molecule has 0 spiro atoms. The Bertz CT molecular complexity index is 948. The third kappa shape index (κ3) is 3.20. The van der Waals surface area contributed by atoms with Crippen molar-refractivity contribution in [1.82, 2.24) is 4.98 Å². The van der Waals surface area contributed by atoms with E-state index in [0.29, 0.717) is 15.9 Å². The number of aromatic nitrogens is 1. The van der Waals surface area contributed by atoms with E-state index in [-0.39, 0.29) is 22.2 Å². The van der Waals surface area contributed by atoms with Gasteiger partial charge >= 0.3 is 6.18 Å². The summed E-state index contributed by atoms with van der Waals surface area (Å²) in [6.45, 7) is 0. The number of fused-ring (bicyclic) bond motifs is 1. The minimum atomic E-state index is -4.59. The smallest absolute Gasteiger partial charge is 0.418 e. The van der Waals surface area contributed by atoms with Crippen molar-refractivity contribution in [3.05, 3.63) is 57.6 Å². The van der Waals surface area contributed by atoms with Crippen molar-refractivity contribution in [2.75, 3.05) is 0 Å². The Balaban J connectivity index is 2.08. The van der Waals surface area contributed by atoms with Gasteiger partial charge in [0.25, 0.3) is 0 Å². The molecule has 0 amide bonds. The molecule has 2 aromatic carbocycles. The number of aromatic hydroxyl groups is 1. The van der Waals surface area contributed by atoms with Gasteiger partial charge in [0.15, 0.2) is 5.88 Å². The summed E-state index contributed by atoms with van der Waals surface area (Å²) in [5.41, 5.74) is -0.429. The molecule has 3 aromatic rings. The number of alkyl halides is 3. The highest BCUT2D eigenvalue weighted by Gasteiger charge is 2.33. The molecule has 0 saturated heterocycles. The predicted molar refractivity (Wildman–Crippen MR) is 88.7 cm³/mol. The van der Waals surface area contributed by atoms with E-state index in [1.807, 2.05) is 0 Å². The van der Waals surface area contributed by atoms with Gasteiger partial charge in [-0.25, -0.2) is 0 Å². The predicted octanol–water partition coefficient (Wildman–Crippen LogP) is 5.95. The molecule has 0 radical (unpaired) electrons. The van der Waals surface area contributed by atoms with Crippen LogP contribution in [0.25, 0.3) is 10.9 Å². The topological polar surface area (TPSA) is 48.4 Å². The summed E-state index contributed by atoms with van der Waals surface area (Å²) in [4.78, 5) is 6.57. The van der Waals surface area contributed by atoms with E-state index < -0.39 is 11.7 Å². The maximum Gasteiger partial charge on any atom is 0.418 e. The first-order valence-corrected chi connectivity index (χ1v) is 7.42. The number of nitrogens with zero attached hydrogens (tertiary/aromatic N) is 1. The molecule has 24 heavy (non-hydrogen) atoms. The minimum absolute atomic E-state index is 0.0362. The van der Waals surface area contributed by atoms with E-state index in [4.69, 9.17) is 23.2 Å². The molecule has 0 aliphatic heterocycles. The zero-order chi connectivity index (χ0) is 17.5. The highest BCUT2D eigenvalue weighted by molar-refractivity contribution is 6.31. The molecule has 0 fully saturated rings. The van der Waals surface area contributed by atoms with Crippen molar-refractivity contribution in [2.45, 2.75) is 6.18 Å². The Kier molecular flexibility index (Phi) is 4.19. The highest BCUT2D eigenvalue weighted by atomic mass is 35.5. The summed E-state index contributed by atoms with van der Waals surface area (Å²) >= 11 is 11.5. The third-order valence-corrected chi connectivity index (χ3v) is 3.85. The number of nitrogens with one attached hydrogen (secondary N) is 1. The van der Waals surface area contributed by atoms with Gasteiger partial charge in [0.1, 0.15) is 0 Å². The minimum Gasteiger partial charge on any atom is -0.494 e. The van der Waals surface area contributed by atoms with E-state index in [2.05, 4.69) is 9.98 Å². The van der Waals surface area contributed by atoms with Gasteiger partial charge in [-0.3, -0.25) is 4.99 Å². The zero-order valence-corrected chi connectivity index (χ0v) is 13.3. The van der Waals surface area contributed by atoms with Crippen LogP contribution in [0, 0.1) is 0 Å². The monoisotopic (exact) mass is 372 g/mol. The number of aliphatic imine (C=N–C) groups is 1. The third-order valence-electron chi connectivity index (χ3n) is 3.38. The lowest BCUT2D eigenvalue weighted by atomic mass is 10.1. The molecule has 3 nitrogen and oxygen atoms in total. The Morgan fingerprint density at radius 2 is 1.71 bits per heavy atom.